The molecule has 2 heterocycles. The molecule has 0 bridgehead atoms. The van der Waals surface area contributed by atoms with Gasteiger partial charge in [0.15, 0.2) is 0 Å². The Kier molecular flexibility index (Phi) is 6.48. The summed E-state index contributed by atoms with van der Waals surface area (Å²) in [6, 6.07) is 67.8. The highest BCUT2D eigenvalue weighted by molar-refractivity contribution is 7.34. The molecular formula is C52H30S2. The van der Waals surface area contributed by atoms with Gasteiger partial charge in [-0.2, -0.15) is 0 Å². The molecule has 2 heteroatoms. The minimum Gasteiger partial charge on any atom is -0.134 e. The first kappa shape index (κ1) is 30.2. The van der Waals surface area contributed by atoms with Crippen molar-refractivity contribution >= 4 is 106 Å². The lowest BCUT2D eigenvalue weighted by atomic mass is 9.85. The molecule has 0 fully saturated rings. The van der Waals surface area contributed by atoms with Crippen molar-refractivity contribution in [3.8, 4) is 33.4 Å². The maximum Gasteiger partial charge on any atom is 0.0534 e. The van der Waals surface area contributed by atoms with Crippen molar-refractivity contribution in [3.63, 3.8) is 0 Å². The molecule has 0 N–H and O–H groups in total. The van der Waals surface area contributed by atoms with Crippen molar-refractivity contribution in [2.75, 3.05) is 0 Å². The van der Waals surface area contributed by atoms with E-state index in [0.29, 0.717) is 0 Å². The summed E-state index contributed by atoms with van der Waals surface area (Å²) in [6.45, 7) is 0. The third-order valence-electron chi connectivity index (χ3n) is 11.4. The van der Waals surface area contributed by atoms with Crippen LogP contribution in [-0.4, -0.2) is 0 Å². The van der Waals surface area contributed by atoms with Gasteiger partial charge in [-0.3, -0.25) is 0 Å². The lowest BCUT2D eigenvalue weighted by molar-refractivity contribution is 1.64. The van der Waals surface area contributed by atoms with Crippen LogP contribution in [-0.2, 0) is 0 Å². The van der Waals surface area contributed by atoms with Gasteiger partial charge in [0.2, 0.25) is 0 Å². The van der Waals surface area contributed by atoms with Crippen LogP contribution in [0.1, 0.15) is 0 Å². The standard InChI is InChI=1S/C52H30S2/c1-2-13-32-28-35(25-24-31(32)12-1)49-40-20-6-4-18-38(40)48(39-19-5-7-21-41(39)49)34-15-11-14-33(29-34)45-30-46-44-27-26-43-37-17-9-10-23-47(37)53-51(43)52(44)54-50(46)42-22-8-3-16-36(42)45/h1-30H. The van der Waals surface area contributed by atoms with Crippen LogP contribution in [0.2, 0.25) is 0 Å². The molecule has 54 heavy (non-hydrogen) atoms. The molecule has 0 radical (unpaired) electrons. The molecule has 0 saturated heterocycles. The molecule has 0 aliphatic rings. The number of rotatable bonds is 3. The molecule has 0 aliphatic heterocycles. The van der Waals surface area contributed by atoms with Gasteiger partial charge in [-0.1, -0.05) is 158 Å². The quantitative estimate of drug-likeness (QED) is 0.160. The summed E-state index contributed by atoms with van der Waals surface area (Å²) in [4.78, 5) is 0. The summed E-state index contributed by atoms with van der Waals surface area (Å²) < 4.78 is 5.51. The largest absolute Gasteiger partial charge is 0.134 e. The Hall–Kier alpha value is -6.32. The van der Waals surface area contributed by atoms with Gasteiger partial charge in [0.25, 0.3) is 0 Å². The average molecular weight is 719 g/mol. The zero-order valence-electron chi connectivity index (χ0n) is 29.1. The molecule has 0 spiro atoms. The molecule has 0 atom stereocenters. The van der Waals surface area contributed by atoms with E-state index in [-0.39, 0.29) is 0 Å². The van der Waals surface area contributed by atoms with Crippen molar-refractivity contribution in [1.29, 1.82) is 0 Å². The first-order valence-electron chi connectivity index (χ1n) is 18.5. The Bertz CT molecular complexity index is 3450. The van der Waals surface area contributed by atoms with E-state index in [1.165, 1.54) is 117 Å². The van der Waals surface area contributed by atoms with Crippen molar-refractivity contribution in [3.05, 3.63) is 182 Å². The smallest absolute Gasteiger partial charge is 0.0534 e. The molecule has 0 aliphatic carbocycles. The fourth-order valence-electron chi connectivity index (χ4n) is 9.01. The molecule has 250 valence electrons. The molecule has 0 unspecified atom stereocenters. The first-order chi connectivity index (χ1) is 26.8. The molecule has 2 aromatic heterocycles. The van der Waals surface area contributed by atoms with Gasteiger partial charge in [-0.15, -0.1) is 22.7 Å². The Labute approximate surface area is 319 Å². The summed E-state index contributed by atoms with van der Waals surface area (Å²) in [5.41, 5.74) is 7.57. The fourth-order valence-corrected chi connectivity index (χ4v) is 11.7. The Morgan fingerprint density at radius 3 is 1.50 bits per heavy atom. The van der Waals surface area contributed by atoms with Gasteiger partial charge < -0.3 is 0 Å². The third kappa shape index (κ3) is 4.36. The second-order valence-corrected chi connectivity index (χ2v) is 16.4. The average Bonchev–Trinajstić information content (AvgIpc) is 3.81. The van der Waals surface area contributed by atoms with E-state index in [1.54, 1.807) is 0 Å². The highest BCUT2D eigenvalue weighted by Crippen LogP contribution is 2.49. The summed E-state index contributed by atoms with van der Waals surface area (Å²) >= 11 is 3.88. The van der Waals surface area contributed by atoms with Crippen LogP contribution in [0, 0.1) is 0 Å². The summed E-state index contributed by atoms with van der Waals surface area (Å²) in [6.07, 6.45) is 0. The molecule has 0 amide bonds. The Morgan fingerprint density at radius 1 is 0.259 bits per heavy atom. The minimum atomic E-state index is 1.23. The summed E-state index contributed by atoms with van der Waals surface area (Å²) in [7, 11) is 0. The fraction of sp³-hybridized carbons (Fsp3) is 0. The molecule has 12 rings (SSSR count). The predicted molar refractivity (Wildman–Crippen MR) is 239 cm³/mol. The van der Waals surface area contributed by atoms with Crippen molar-refractivity contribution in [1.82, 2.24) is 0 Å². The Balaban J connectivity index is 1.10. The van der Waals surface area contributed by atoms with Crippen molar-refractivity contribution < 1.29 is 0 Å². The molecule has 0 saturated carbocycles. The molecular weight excluding hydrogens is 689 g/mol. The van der Waals surface area contributed by atoms with Crippen molar-refractivity contribution in [2.45, 2.75) is 0 Å². The zero-order chi connectivity index (χ0) is 35.3. The van der Waals surface area contributed by atoms with Crippen LogP contribution in [0.5, 0.6) is 0 Å². The van der Waals surface area contributed by atoms with Crippen LogP contribution in [0.4, 0.5) is 0 Å². The maximum atomic E-state index is 2.47. The van der Waals surface area contributed by atoms with E-state index in [2.05, 4.69) is 182 Å². The molecule has 12 aromatic rings. The van der Waals surface area contributed by atoms with Gasteiger partial charge in [0.1, 0.15) is 0 Å². The number of hydrogen-bond donors (Lipinski definition) is 0. The molecule has 10 aromatic carbocycles. The number of hydrogen-bond acceptors (Lipinski definition) is 2. The Morgan fingerprint density at radius 2 is 0.778 bits per heavy atom. The van der Waals surface area contributed by atoms with Crippen LogP contribution < -0.4 is 0 Å². The van der Waals surface area contributed by atoms with Gasteiger partial charge in [-0.05, 0) is 95.3 Å². The number of thiophene rings is 2. The van der Waals surface area contributed by atoms with Gasteiger partial charge in [0.05, 0.1) is 9.40 Å². The second-order valence-electron chi connectivity index (χ2n) is 14.3. The minimum absolute atomic E-state index is 1.23. The highest BCUT2D eigenvalue weighted by atomic mass is 32.1. The normalized spacial score (nSPS) is 12.1. The van der Waals surface area contributed by atoms with E-state index in [4.69, 9.17) is 0 Å². The van der Waals surface area contributed by atoms with Gasteiger partial charge in [0, 0.05) is 36.3 Å². The van der Waals surface area contributed by atoms with Crippen LogP contribution in [0.3, 0.4) is 0 Å². The maximum absolute atomic E-state index is 2.47. The SMILES string of the molecule is c1cc(-c2c3ccccc3c(-c3ccc4ccccc4c3)c3ccccc23)cc(-c2cc3c4ccc5c6ccccc6sc5c4sc3c3ccccc23)c1. The lowest BCUT2D eigenvalue weighted by Crippen LogP contribution is -1.91. The van der Waals surface area contributed by atoms with E-state index >= 15 is 0 Å². The predicted octanol–water partition coefficient (Wildman–Crippen LogP) is 16.0. The van der Waals surface area contributed by atoms with E-state index in [9.17, 15) is 0 Å². The third-order valence-corrected chi connectivity index (χ3v) is 14.0. The highest BCUT2D eigenvalue weighted by Gasteiger charge is 2.20. The summed E-state index contributed by atoms with van der Waals surface area (Å²) in [5, 5.41) is 15.6. The van der Waals surface area contributed by atoms with Crippen LogP contribution in [0.15, 0.2) is 182 Å². The number of benzene rings is 10. The van der Waals surface area contributed by atoms with Crippen LogP contribution in [0.25, 0.3) is 117 Å². The summed E-state index contributed by atoms with van der Waals surface area (Å²) in [5.74, 6) is 0. The molecule has 0 nitrogen and oxygen atoms in total. The zero-order valence-corrected chi connectivity index (χ0v) is 30.8. The van der Waals surface area contributed by atoms with E-state index < -0.39 is 0 Å². The van der Waals surface area contributed by atoms with Gasteiger partial charge >= 0.3 is 0 Å². The van der Waals surface area contributed by atoms with Crippen molar-refractivity contribution in [2.24, 2.45) is 0 Å². The lowest BCUT2D eigenvalue weighted by Gasteiger charge is -2.18. The van der Waals surface area contributed by atoms with Gasteiger partial charge in [-0.25, -0.2) is 0 Å². The second kappa shape index (κ2) is 11.6. The number of fused-ring (bicyclic) bond motifs is 12. The monoisotopic (exact) mass is 718 g/mol. The topological polar surface area (TPSA) is 0 Å². The van der Waals surface area contributed by atoms with E-state index in [0.717, 1.165) is 0 Å². The van der Waals surface area contributed by atoms with E-state index in [1.807, 2.05) is 22.7 Å². The van der Waals surface area contributed by atoms with Crippen LogP contribution >= 0.6 is 22.7 Å². The first-order valence-corrected chi connectivity index (χ1v) is 20.1.